The van der Waals surface area contributed by atoms with Crippen molar-refractivity contribution in [3.63, 3.8) is 0 Å². The lowest BCUT2D eigenvalue weighted by Crippen LogP contribution is -2.38. The molecule has 1 unspecified atom stereocenters. The van der Waals surface area contributed by atoms with Crippen molar-refractivity contribution in [3.05, 3.63) is 35.4 Å². The summed E-state index contributed by atoms with van der Waals surface area (Å²) < 4.78 is 0. The number of likely N-dealkylation sites (tertiary alicyclic amines) is 1. The van der Waals surface area contributed by atoms with Crippen molar-refractivity contribution in [1.29, 1.82) is 0 Å². The van der Waals surface area contributed by atoms with Crippen LogP contribution >= 0.6 is 0 Å². The average molecular weight is 262 g/mol. The van der Waals surface area contributed by atoms with Gasteiger partial charge in [-0.3, -0.25) is 4.90 Å². The zero-order valence-corrected chi connectivity index (χ0v) is 11.4. The summed E-state index contributed by atoms with van der Waals surface area (Å²) in [6, 6.07) is 7.66. The van der Waals surface area contributed by atoms with Gasteiger partial charge in [0.1, 0.15) is 0 Å². The Kier molecular flexibility index (Phi) is 4.93. The highest BCUT2D eigenvalue weighted by Gasteiger charge is 2.17. The third-order valence-corrected chi connectivity index (χ3v) is 3.71. The van der Waals surface area contributed by atoms with E-state index >= 15 is 0 Å². The van der Waals surface area contributed by atoms with Crippen LogP contribution in [0, 0.1) is 0 Å². The minimum absolute atomic E-state index is 0.354. The van der Waals surface area contributed by atoms with Crippen molar-refractivity contribution in [1.82, 2.24) is 10.2 Å². The highest BCUT2D eigenvalue weighted by molar-refractivity contribution is 5.87. The lowest BCUT2D eigenvalue weighted by molar-refractivity contribution is 0.0696. The molecule has 19 heavy (non-hydrogen) atoms. The van der Waals surface area contributed by atoms with Gasteiger partial charge in [0.25, 0.3) is 0 Å². The van der Waals surface area contributed by atoms with Gasteiger partial charge in [-0.15, -0.1) is 0 Å². The predicted molar refractivity (Wildman–Crippen MR) is 75.4 cm³/mol. The second-order valence-corrected chi connectivity index (χ2v) is 5.23. The van der Waals surface area contributed by atoms with Gasteiger partial charge in [-0.25, -0.2) is 4.79 Å². The Morgan fingerprint density at radius 1 is 1.42 bits per heavy atom. The van der Waals surface area contributed by atoms with E-state index in [-0.39, 0.29) is 0 Å². The smallest absolute Gasteiger partial charge is 0.335 e. The standard InChI is InChI=1S/C15H22N2O2/c1-12(17-7-2-3-8-17)10-16-11-13-5-4-6-14(9-13)15(18)19/h4-6,9,12,16H,2-3,7-8,10-11H2,1H3,(H,18,19). The van der Waals surface area contributed by atoms with Crippen LogP contribution in [0.1, 0.15) is 35.7 Å². The molecule has 4 heteroatoms. The van der Waals surface area contributed by atoms with Gasteiger partial charge in [0.05, 0.1) is 5.56 Å². The van der Waals surface area contributed by atoms with Gasteiger partial charge in [-0.1, -0.05) is 12.1 Å². The van der Waals surface area contributed by atoms with Gasteiger partial charge in [-0.2, -0.15) is 0 Å². The van der Waals surface area contributed by atoms with Gasteiger partial charge in [-0.05, 0) is 50.6 Å². The largest absolute Gasteiger partial charge is 0.478 e. The molecule has 1 saturated heterocycles. The zero-order chi connectivity index (χ0) is 13.7. The molecular formula is C15H22N2O2. The van der Waals surface area contributed by atoms with E-state index in [2.05, 4.69) is 17.1 Å². The second-order valence-electron chi connectivity index (χ2n) is 5.23. The third kappa shape index (κ3) is 4.04. The normalized spacial score (nSPS) is 17.5. The molecular weight excluding hydrogens is 240 g/mol. The Morgan fingerprint density at radius 2 is 2.16 bits per heavy atom. The molecule has 0 amide bonds. The average Bonchev–Trinajstić information content (AvgIpc) is 2.93. The first-order valence-electron chi connectivity index (χ1n) is 6.94. The molecule has 1 atom stereocenters. The fourth-order valence-corrected chi connectivity index (χ4v) is 2.55. The Hall–Kier alpha value is -1.39. The number of aromatic carboxylic acids is 1. The predicted octanol–water partition coefficient (Wildman–Crippen LogP) is 1.96. The number of hydrogen-bond acceptors (Lipinski definition) is 3. The van der Waals surface area contributed by atoms with E-state index < -0.39 is 5.97 Å². The summed E-state index contributed by atoms with van der Waals surface area (Å²) in [6.45, 7) is 6.32. The van der Waals surface area contributed by atoms with Gasteiger partial charge >= 0.3 is 5.97 Å². The van der Waals surface area contributed by atoms with Crippen molar-refractivity contribution in [2.45, 2.75) is 32.4 Å². The number of nitrogens with one attached hydrogen (secondary N) is 1. The van der Waals surface area contributed by atoms with E-state index in [1.54, 1.807) is 18.2 Å². The van der Waals surface area contributed by atoms with Crippen molar-refractivity contribution in [2.24, 2.45) is 0 Å². The summed E-state index contributed by atoms with van der Waals surface area (Å²) >= 11 is 0. The first-order chi connectivity index (χ1) is 9.16. The highest BCUT2D eigenvalue weighted by Crippen LogP contribution is 2.11. The van der Waals surface area contributed by atoms with E-state index in [0.717, 1.165) is 18.7 Å². The van der Waals surface area contributed by atoms with Crippen molar-refractivity contribution in [3.8, 4) is 0 Å². The summed E-state index contributed by atoms with van der Waals surface area (Å²) in [5.74, 6) is -0.868. The Morgan fingerprint density at radius 3 is 2.84 bits per heavy atom. The van der Waals surface area contributed by atoms with Gasteiger partial charge in [0, 0.05) is 19.1 Å². The molecule has 0 radical (unpaired) electrons. The highest BCUT2D eigenvalue weighted by atomic mass is 16.4. The van der Waals surface area contributed by atoms with Gasteiger partial charge in [0.15, 0.2) is 0 Å². The van der Waals surface area contributed by atoms with Crippen LogP contribution in [0.4, 0.5) is 0 Å². The molecule has 0 saturated carbocycles. The fourth-order valence-electron chi connectivity index (χ4n) is 2.55. The maximum atomic E-state index is 10.9. The molecule has 1 aromatic rings. The van der Waals surface area contributed by atoms with Crippen LogP contribution in [-0.2, 0) is 6.54 Å². The number of rotatable bonds is 6. The van der Waals surface area contributed by atoms with Gasteiger partial charge < -0.3 is 10.4 Å². The lowest BCUT2D eigenvalue weighted by Gasteiger charge is -2.24. The van der Waals surface area contributed by atoms with Gasteiger partial charge in [0.2, 0.25) is 0 Å². The molecule has 0 bridgehead atoms. The van der Waals surface area contributed by atoms with Crippen molar-refractivity contribution in [2.75, 3.05) is 19.6 Å². The van der Waals surface area contributed by atoms with Crippen molar-refractivity contribution >= 4 is 5.97 Å². The maximum Gasteiger partial charge on any atom is 0.335 e. The molecule has 4 nitrogen and oxygen atoms in total. The first kappa shape index (κ1) is 14.0. The molecule has 1 aromatic carbocycles. The lowest BCUT2D eigenvalue weighted by atomic mass is 10.1. The zero-order valence-electron chi connectivity index (χ0n) is 11.4. The minimum Gasteiger partial charge on any atom is -0.478 e. The molecule has 1 fully saturated rings. The van der Waals surface area contributed by atoms with Crippen LogP contribution in [0.15, 0.2) is 24.3 Å². The number of nitrogens with zero attached hydrogens (tertiary/aromatic N) is 1. The topological polar surface area (TPSA) is 52.6 Å². The van der Waals surface area contributed by atoms with Crippen LogP contribution in [0.3, 0.4) is 0 Å². The molecule has 0 spiro atoms. The monoisotopic (exact) mass is 262 g/mol. The van der Waals surface area contributed by atoms with Crippen LogP contribution in [0.5, 0.6) is 0 Å². The summed E-state index contributed by atoms with van der Waals surface area (Å²) in [5, 5.41) is 12.3. The molecule has 104 valence electrons. The Balaban J connectivity index is 1.78. The number of carbonyl (C=O) groups is 1. The Labute approximate surface area is 114 Å². The fraction of sp³-hybridized carbons (Fsp3) is 0.533. The molecule has 1 aliphatic heterocycles. The quantitative estimate of drug-likeness (QED) is 0.823. The summed E-state index contributed by atoms with van der Waals surface area (Å²) in [4.78, 5) is 13.4. The summed E-state index contributed by atoms with van der Waals surface area (Å²) in [5.41, 5.74) is 1.38. The number of hydrogen-bond donors (Lipinski definition) is 2. The summed E-state index contributed by atoms with van der Waals surface area (Å²) in [7, 11) is 0. The van der Waals surface area contributed by atoms with Crippen LogP contribution in [-0.4, -0.2) is 41.7 Å². The third-order valence-electron chi connectivity index (χ3n) is 3.71. The number of carboxylic acid groups (broad SMARTS) is 1. The first-order valence-corrected chi connectivity index (χ1v) is 6.94. The molecule has 1 aliphatic rings. The van der Waals surface area contributed by atoms with E-state index in [1.165, 1.54) is 25.9 Å². The molecule has 0 aliphatic carbocycles. The van der Waals surface area contributed by atoms with Crippen LogP contribution in [0.2, 0.25) is 0 Å². The second kappa shape index (κ2) is 6.68. The van der Waals surface area contributed by atoms with Crippen LogP contribution < -0.4 is 5.32 Å². The molecule has 0 aromatic heterocycles. The number of carboxylic acids is 1. The van der Waals surface area contributed by atoms with Crippen molar-refractivity contribution < 1.29 is 9.90 Å². The molecule has 1 heterocycles. The molecule has 2 rings (SSSR count). The number of benzene rings is 1. The van der Waals surface area contributed by atoms with E-state index in [1.807, 2.05) is 6.07 Å². The maximum absolute atomic E-state index is 10.9. The van der Waals surface area contributed by atoms with E-state index in [0.29, 0.717) is 11.6 Å². The minimum atomic E-state index is -0.868. The van der Waals surface area contributed by atoms with E-state index in [9.17, 15) is 4.79 Å². The molecule has 2 N–H and O–H groups in total. The van der Waals surface area contributed by atoms with E-state index in [4.69, 9.17) is 5.11 Å². The summed E-state index contributed by atoms with van der Waals surface area (Å²) in [6.07, 6.45) is 2.62. The van der Waals surface area contributed by atoms with Crippen LogP contribution in [0.25, 0.3) is 0 Å². The SMILES string of the molecule is CC(CNCc1cccc(C(=O)O)c1)N1CCCC1. The Bertz CT molecular complexity index is 428.